The van der Waals surface area contributed by atoms with Gasteiger partial charge in [-0.05, 0) is 29.3 Å². The summed E-state index contributed by atoms with van der Waals surface area (Å²) in [4.78, 5) is 4.16. The van der Waals surface area contributed by atoms with E-state index in [9.17, 15) is 5.11 Å². The molecule has 3 nitrogen and oxygen atoms in total. The number of aryl methyl sites for hydroxylation is 1. The van der Waals surface area contributed by atoms with Gasteiger partial charge in [0.05, 0.1) is 12.0 Å². The first-order valence-corrected chi connectivity index (χ1v) is 5.47. The van der Waals surface area contributed by atoms with E-state index in [0.717, 1.165) is 12.1 Å². The summed E-state index contributed by atoms with van der Waals surface area (Å²) in [5, 5.41) is 13.8. The monoisotopic (exact) mass is 208 g/mol. The first-order chi connectivity index (χ1) is 6.81. The van der Waals surface area contributed by atoms with Crippen LogP contribution in [0, 0.1) is 0 Å². The Morgan fingerprint density at radius 1 is 1.64 bits per heavy atom. The first kappa shape index (κ1) is 9.43. The van der Waals surface area contributed by atoms with Gasteiger partial charge in [0.2, 0.25) is 0 Å². The summed E-state index contributed by atoms with van der Waals surface area (Å²) >= 11 is 1.58. The molecule has 0 radical (unpaired) electrons. The molecule has 0 aromatic carbocycles. The van der Waals surface area contributed by atoms with Gasteiger partial charge in [0, 0.05) is 12.7 Å². The van der Waals surface area contributed by atoms with Crippen LogP contribution in [0.15, 0.2) is 29.4 Å². The lowest BCUT2D eigenvalue weighted by atomic mass is 10.1. The Balaban J connectivity index is 2.23. The number of aliphatic hydroxyl groups is 1. The van der Waals surface area contributed by atoms with Crippen LogP contribution in [0.1, 0.15) is 24.3 Å². The summed E-state index contributed by atoms with van der Waals surface area (Å²) in [5.74, 6) is 0. The van der Waals surface area contributed by atoms with Crippen LogP contribution in [0.3, 0.4) is 0 Å². The number of aromatic nitrogens is 2. The van der Waals surface area contributed by atoms with Crippen LogP contribution in [0.5, 0.6) is 0 Å². The summed E-state index contributed by atoms with van der Waals surface area (Å²) < 4.78 is 1.95. The molecule has 2 heterocycles. The minimum absolute atomic E-state index is 0.589. The Labute approximate surface area is 86.7 Å². The van der Waals surface area contributed by atoms with E-state index in [1.807, 2.05) is 34.5 Å². The predicted octanol–water partition coefficient (Wildman–Crippen LogP) is 2.05. The molecule has 14 heavy (non-hydrogen) atoms. The van der Waals surface area contributed by atoms with E-state index in [0.29, 0.717) is 5.69 Å². The van der Waals surface area contributed by atoms with Crippen molar-refractivity contribution in [2.24, 2.45) is 0 Å². The lowest BCUT2D eigenvalue weighted by Crippen LogP contribution is -1.98. The van der Waals surface area contributed by atoms with Gasteiger partial charge in [0.25, 0.3) is 0 Å². The maximum Gasteiger partial charge on any atom is 0.123 e. The van der Waals surface area contributed by atoms with Gasteiger partial charge in [0.1, 0.15) is 6.10 Å². The highest BCUT2D eigenvalue weighted by atomic mass is 32.1. The van der Waals surface area contributed by atoms with Crippen LogP contribution in [-0.2, 0) is 6.54 Å². The van der Waals surface area contributed by atoms with Crippen molar-refractivity contribution in [3.8, 4) is 0 Å². The maximum atomic E-state index is 9.92. The average molecular weight is 208 g/mol. The van der Waals surface area contributed by atoms with Gasteiger partial charge in [-0.1, -0.05) is 0 Å². The van der Waals surface area contributed by atoms with E-state index in [4.69, 9.17) is 0 Å². The van der Waals surface area contributed by atoms with Crippen LogP contribution < -0.4 is 0 Å². The number of hydrogen-bond donors (Lipinski definition) is 1. The number of aliphatic hydroxyl groups excluding tert-OH is 1. The third kappa shape index (κ3) is 1.71. The molecule has 1 atom stereocenters. The van der Waals surface area contributed by atoms with E-state index in [1.54, 1.807) is 17.7 Å². The zero-order chi connectivity index (χ0) is 9.97. The fourth-order valence-corrected chi connectivity index (χ4v) is 1.97. The van der Waals surface area contributed by atoms with Crippen molar-refractivity contribution in [2.45, 2.75) is 19.6 Å². The highest BCUT2D eigenvalue weighted by Gasteiger charge is 2.12. The number of hydrogen-bond acceptors (Lipinski definition) is 3. The summed E-state index contributed by atoms with van der Waals surface area (Å²) in [7, 11) is 0. The predicted molar refractivity (Wildman–Crippen MR) is 56.3 cm³/mol. The van der Waals surface area contributed by atoms with Crippen molar-refractivity contribution in [3.63, 3.8) is 0 Å². The smallest absolute Gasteiger partial charge is 0.123 e. The van der Waals surface area contributed by atoms with E-state index >= 15 is 0 Å². The third-order valence-corrected chi connectivity index (χ3v) is 2.86. The highest BCUT2D eigenvalue weighted by molar-refractivity contribution is 7.07. The van der Waals surface area contributed by atoms with Crippen LogP contribution in [0.2, 0.25) is 0 Å². The number of imidazole rings is 1. The van der Waals surface area contributed by atoms with Crippen molar-refractivity contribution in [2.75, 3.05) is 0 Å². The fourth-order valence-electron chi connectivity index (χ4n) is 1.29. The van der Waals surface area contributed by atoms with Crippen molar-refractivity contribution < 1.29 is 5.11 Å². The molecule has 0 aliphatic heterocycles. The molecule has 0 aliphatic carbocycles. The van der Waals surface area contributed by atoms with Crippen LogP contribution in [0.25, 0.3) is 0 Å². The molecule has 0 spiro atoms. The standard InChI is InChI=1S/C10H12N2OS/c1-2-12-5-9(11-7-12)10(13)8-3-4-14-6-8/h3-7,10,13H,2H2,1H3. The topological polar surface area (TPSA) is 38.0 Å². The Morgan fingerprint density at radius 3 is 3.07 bits per heavy atom. The molecule has 0 bridgehead atoms. The molecule has 4 heteroatoms. The first-order valence-electron chi connectivity index (χ1n) is 4.53. The third-order valence-electron chi connectivity index (χ3n) is 2.16. The lowest BCUT2D eigenvalue weighted by molar-refractivity contribution is 0.216. The molecule has 0 aliphatic rings. The highest BCUT2D eigenvalue weighted by Crippen LogP contribution is 2.22. The largest absolute Gasteiger partial charge is 0.382 e. The average Bonchev–Trinajstić information content (AvgIpc) is 2.88. The zero-order valence-electron chi connectivity index (χ0n) is 7.92. The van der Waals surface area contributed by atoms with Crippen molar-refractivity contribution >= 4 is 11.3 Å². The molecular weight excluding hydrogens is 196 g/mol. The summed E-state index contributed by atoms with van der Waals surface area (Å²) in [6.45, 7) is 2.92. The molecule has 2 aromatic rings. The van der Waals surface area contributed by atoms with Crippen LogP contribution in [0.4, 0.5) is 0 Å². The van der Waals surface area contributed by atoms with Crippen LogP contribution in [-0.4, -0.2) is 14.7 Å². The Hall–Kier alpha value is -1.13. The molecule has 2 aromatic heterocycles. The Bertz CT molecular complexity index is 394. The number of rotatable bonds is 3. The summed E-state index contributed by atoms with van der Waals surface area (Å²) in [5.41, 5.74) is 1.63. The fraction of sp³-hybridized carbons (Fsp3) is 0.300. The van der Waals surface area contributed by atoms with Gasteiger partial charge in [-0.15, -0.1) is 0 Å². The minimum atomic E-state index is -0.589. The van der Waals surface area contributed by atoms with Crippen molar-refractivity contribution in [1.82, 2.24) is 9.55 Å². The second kappa shape index (κ2) is 3.94. The molecule has 0 amide bonds. The minimum Gasteiger partial charge on any atom is -0.382 e. The molecule has 0 saturated carbocycles. The van der Waals surface area contributed by atoms with Gasteiger partial charge in [-0.25, -0.2) is 4.98 Å². The maximum absolute atomic E-state index is 9.92. The number of nitrogens with zero attached hydrogens (tertiary/aromatic N) is 2. The second-order valence-electron chi connectivity index (χ2n) is 3.09. The van der Waals surface area contributed by atoms with Gasteiger partial charge in [0.15, 0.2) is 0 Å². The SMILES string of the molecule is CCn1cnc(C(O)c2ccsc2)c1. The Morgan fingerprint density at radius 2 is 2.50 bits per heavy atom. The van der Waals surface area contributed by atoms with E-state index in [1.165, 1.54) is 0 Å². The quantitative estimate of drug-likeness (QED) is 0.838. The molecule has 1 unspecified atom stereocenters. The van der Waals surface area contributed by atoms with Crippen molar-refractivity contribution in [3.05, 3.63) is 40.6 Å². The zero-order valence-corrected chi connectivity index (χ0v) is 8.74. The van der Waals surface area contributed by atoms with E-state index < -0.39 is 6.10 Å². The lowest BCUT2D eigenvalue weighted by Gasteiger charge is -2.04. The van der Waals surface area contributed by atoms with Gasteiger partial charge < -0.3 is 9.67 Å². The Kier molecular flexibility index (Phi) is 2.65. The summed E-state index contributed by atoms with van der Waals surface area (Å²) in [6, 6.07) is 1.92. The number of thiophene rings is 1. The molecular formula is C10H12N2OS. The molecule has 0 fully saturated rings. The van der Waals surface area contributed by atoms with Gasteiger partial charge in [-0.2, -0.15) is 11.3 Å². The second-order valence-corrected chi connectivity index (χ2v) is 3.87. The molecule has 74 valence electrons. The van der Waals surface area contributed by atoms with E-state index in [-0.39, 0.29) is 0 Å². The molecule has 2 rings (SSSR count). The molecule has 0 saturated heterocycles. The van der Waals surface area contributed by atoms with Gasteiger partial charge in [-0.3, -0.25) is 0 Å². The van der Waals surface area contributed by atoms with Gasteiger partial charge >= 0.3 is 0 Å². The summed E-state index contributed by atoms with van der Waals surface area (Å²) in [6.07, 6.45) is 3.03. The van der Waals surface area contributed by atoms with E-state index in [2.05, 4.69) is 4.98 Å². The van der Waals surface area contributed by atoms with Crippen molar-refractivity contribution in [1.29, 1.82) is 0 Å². The normalized spacial score (nSPS) is 13.0. The van der Waals surface area contributed by atoms with Crippen LogP contribution >= 0.6 is 11.3 Å². The molecule has 1 N–H and O–H groups in total.